The van der Waals surface area contributed by atoms with E-state index in [0.717, 1.165) is 25.7 Å². The number of carbonyl (C=O) groups is 1. The molecule has 0 spiro atoms. The normalized spacial score (nSPS) is 26.6. The minimum absolute atomic E-state index is 0.246. The first-order chi connectivity index (χ1) is 7.25. The molecule has 0 aliphatic heterocycles. The lowest BCUT2D eigenvalue weighted by molar-refractivity contribution is -0.125. The van der Waals surface area contributed by atoms with Crippen LogP contribution in [-0.4, -0.2) is 10.8 Å². The Morgan fingerprint density at radius 3 is 2.87 bits per heavy atom. The summed E-state index contributed by atoms with van der Waals surface area (Å²) in [5, 5.41) is 0. The molecule has 2 rings (SSSR count). The van der Waals surface area contributed by atoms with Crippen LogP contribution in [0.3, 0.4) is 0 Å². The first-order valence-corrected chi connectivity index (χ1v) is 5.67. The van der Waals surface area contributed by atoms with Crippen LogP contribution < -0.4 is 0 Å². The van der Waals surface area contributed by atoms with Crippen LogP contribution in [0.25, 0.3) is 0 Å². The van der Waals surface area contributed by atoms with Crippen molar-refractivity contribution in [2.45, 2.75) is 32.6 Å². The lowest BCUT2D eigenvalue weighted by Crippen LogP contribution is -2.25. The standard InChI is InChI=1S/C13H17NO/c1-10-2-3-13(15)12(8-10)9-11-4-6-14-7-5-11/h4-7,10,12H,2-3,8-9H2,1H3. The molecule has 1 aromatic heterocycles. The molecule has 1 saturated carbocycles. The number of hydrogen-bond acceptors (Lipinski definition) is 2. The van der Waals surface area contributed by atoms with Crippen LogP contribution in [0.15, 0.2) is 24.5 Å². The second-order valence-corrected chi connectivity index (χ2v) is 4.60. The van der Waals surface area contributed by atoms with Gasteiger partial charge in [-0.3, -0.25) is 9.78 Å². The molecule has 1 aliphatic carbocycles. The zero-order valence-electron chi connectivity index (χ0n) is 9.15. The molecule has 0 aromatic carbocycles. The fourth-order valence-electron chi connectivity index (χ4n) is 2.33. The molecule has 1 fully saturated rings. The summed E-state index contributed by atoms with van der Waals surface area (Å²) >= 11 is 0. The molecule has 0 bridgehead atoms. The van der Waals surface area contributed by atoms with Gasteiger partial charge in [0.2, 0.25) is 0 Å². The van der Waals surface area contributed by atoms with E-state index in [2.05, 4.69) is 11.9 Å². The van der Waals surface area contributed by atoms with Crippen molar-refractivity contribution in [1.82, 2.24) is 4.98 Å². The summed E-state index contributed by atoms with van der Waals surface area (Å²) in [6.07, 6.45) is 7.40. The van der Waals surface area contributed by atoms with Crippen molar-refractivity contribution in [3.63, 3.8) is 0 Å². The highest BCUT2D eigenvalue weighted by Gasteiger charge is 2.26. The number of carbonyl (C=O) groups excluding carboxylic acids is 1. The van der Waals surface area contributed by atoms with E-state index in [1.807, 2.05) is 12.1 Å². The topological polar surface area (TPSA) is 30.0 Å². The Kier molecular flexibility index (Phi) is 3.14. The molecule has 2 unspecified atom stereocenters. The number of aromatic nitrogens is 1. The zero-order chi connectivity index (χ0) is 10.7. The summed E-state index contributed by atoms with van der Waals surface area (Å²) in [5.41, 5.74) is 1.23. The van der Waals surface area contributed by atoms with E-state index >= 15 is 0 Å². The van der Waals surface area contributed by atoms with Crippen molar-refractivity contribution >= 4 is 5.78 Å². The Labute approximate surface area is 90.7 Å². The fourth-order valence-corrected chi connectivity index (χ4v) is 2.33. The average Bonchev–Trinajstić information content (AvgIpc) is 2.25. The maximum atomic E-state index is 11.7. The summed E-state index contributed by atoms with van der Waals surface area (Å²) in [4.78, 5) is 15.7. The van der Waals surface area contributed by atoms with Crippen LogP contribution in [0.5, 0.6) is 0 Å². The molecule has 2 atom stereocenters. The third kappa shape index (κ3) is 2.65. The van der Waals surface area contributed by atoms with Crippen LogP contribution in [-0.2, 0) is 11.2 Å². The maximum absolute atomic E-state index is 11.7. The Hall–Kier alpha value is -1.18. The lowest BCUT2D eigenvalue weighted by Gasteiger charge is -2.25. The molecule has 15 heavy (non-hydrogen) atoms. The van der Waals surface area contributed by atoms with E-state index in [1.165, 1.54) is 5.56 Å². The largest absolute Gasteiger partial charge is 0.299 e. The van der Waals surface area contributed by atoms with E-state index in [4.69, 9.17) is 0 Å². The van der Waals surface area contributed by atoms with Crippen molar-refractivity contribution in [3.05, 3.63) is 30.1 Å². The van der Waals surface area contributed by atoms with Gasteiger partial charge in [0.15, 0.2) is 0 Å². The van der Waals surface area contributed by atoms with Gasteiger partial charge in [-0.2, -0.15) is 0 Å². The first kappa shape index (κ1) is 10.3. The maximum Gasteiger partial charge on any atom is 0.136 e. The molecule has 1 aromatic rings. The Balaban J connectivity index is 2.01. The third-order valence-corrected chi connectivity index (χ3v) is 3.26. The molecule has 1 heterocycles. The molecular weight excluding hydrogens is 186 g/mol. The summed E-state index contributed by atoms with van der Waals surface area (Å²) in [6, 6.07) is 4.01. The number of pyridine rings is 1. The molecule has 0 saturated heterocycles. The molecule has 80 valence electrons. The van der Waals surface area contributed by atoms with Gasteiger partial charge in [-0.05, 0) is 42.9 Å². The highest BCUT2D eigenvalue weighted by molar-refractivity contribution is 5.82. The summed E-state index contributed by atoms with van der Waals surface area (Å²) < 4.78 is 0. The Bertz CT molecular complexity index is 334. The van der Waals surface area contributed by atoms with Crippen molar-refractivity contribution in [1.29, 1.82) is 0 Å². The smallest absolute Gasteiger partial charge is 0.136 e. The van der Waals surface area contributed by atoms with Crippen molar-refractivity contribution in [2.24, 2.45) is 11.8 Å². The number of Topliss-reactive ketones (excluding diaryl/α,β-unsaturated/α-hetero) is 1. The van der Waals surface area contributed by atoms with Gasteiger partial charge in [0.05, 0.1) is 0 Å². The van der Waals surface area contributed by atoms with Gasteiger partial charge in [-0.25, -0.2) is 0 Å². The van der Waals surface area contributed by atoms with E-state index in [-0.39, 0.29) is 5.92 Å². The number of nitrogens with zero attached hydrogens (tertiary/aromatic N) is 1. The van der Waals surface area contributed by atoms with Crippen molar-refractivity contribution < 1.29 is 4.79 Å². The Morgan fingerprint density at radius 2 is 2.13 bits per heavy atom. The van der Waals surface area contributed by atoms with E-state index < -0.39 is 0 Å². The second-order valence-electron chi connectivity index (χ2n) is 4.60. The van der Waals surface area contributed by atoms with Gasteiger partial charge >= 0.3 is 0 Å². The van der Waals surface area contributed by atoms with E-state index in [0.29, 0.717) is 11.7 Å². The fraction of sp³-hybridized carbons (Fsp3) is 0.538. The molecule has 0 N–H and O–H groups in total. The molecule has 0 amide bonds. The number of hydrogen-bond donors (Lipinski definition) is 0. The van der Waals surface area contributed by atoms with E-state index in [1.54, 1.807) is 12.4 Å². The minimum Gasteiger partial charge on any atom is -0.299 e. The molecule has 1 aliphatic rings. The van der Waals surface area contributed by atoms with Crippen molar-refractivity contribution in [3.8, 4) is 0 Å². The van der Waals surface area contributed by atoms with Gasteiger partial charge in [-0.15, -0.1) is 0 Å². The van der Waals surface area contributed by atoms with Crippen LogP contribution in [0.1, 0.15) is 31.7 Å². The van der Waals surface area contributed by atoms with Crippen LogP contribution in [0.4, 0.5) is 0 Å². The predicted octanol–water partition coefficient (Wildman–Crippen LogP) is 2.63. The third-order valence-electron chi connectivity index (χ3n) is 3.26. The number of ketones is 1. The van der Waals surface area contributed by atoms with E-state index in [9.17, 15) is 4.79 Å². The van der Waals surface area contributed by atoms with Gasteiger partial charge in [0.1, 0.15) is 5.78 Å². The number of rotatable bonds is 2. The molecule has 2 nitrogen and oxygen atoms in total. The van der Waals surface area contributed by atoms with Gasteiger partial charge < -0.3 is 0 Å². The summed E-state index contributed by atoms with van der Waals surface area (Å²) in [6.45, 7) is 2.24. The van der Waals surface area contributed by atoms with Gasteiger partial charge in [-0.1, -0.05) is 6.92 Å². The van der Waals surface area contributed by atoms with Gasteiger partial charge in [0.25, 0.3) is 0 Å². The SMILES string of the molecule is CC1CCC(=O)C(Cc2ccncc2)C1. The van der Waals surface area contributed by atoms with Crippen LogP contribution >= 0.6 is 0 Å². The molecule has 2 heteroatoms. The highest BCUT2D eigenvalue weighted by Crippen LogP contribution is 2.28. The molecule has 0 radical (unpaired) electrons. The summed E-state index contributed by atoms with van der Waals surface area (Å²) in [5.74, 6) is 1.40. The van der Waals surface area contributed by atoms with Crippen LogP contribution in [0.2, 0.25) is 0 Å². The molecular formula is C13H17NO. The summed E-state index contributed by atoms with van der Waals surface area (Å²) in [7, 11) is 0. The quantitative estimate of drug-likeness (QED) is 0.739. The Morgan fingerprint density at radius 1 is 1.40 bits per heavy atom. The first-order valence-electron chi connectivity index (χ1n) is 5.67. The van der Waals surface area contributed by atoms with Crippen LogP contribution in [0, 0.1) is 11.8 Å². The predicted molar refractivity (Wildman–Crippen MR) is 59.5 cm³/mol. The highest BCUT2D eigenvalue weighted by atomic mass is 16.1. The second kappa shape index (κ2) is 4.56. The van der Waals surface area contributed by atoms with Gasteiger partial charge in [0, 0.05) is 24.7 Å². The lowest BCUT2D eigenvalue weighted by atomic mass is 9.79. The average molecular weight is 203 g/mol. The zero-order valence-corrected chi connectivity index (χ0v) is 9.15. The minimum atomic E-state index is 0.246. The van der Waals surface area contributed by atoms with Crippen molar-refractivity contribution in [2.75, 3.05) is 0 Å². The monoisotopic (exact) mass is 203 g/mol.